The molecule has 1 fully saturated rings. The molecule has 0 aromatic carbocycles. The molecule has 1 aliphatic rings. The number of hydrogen-bond donors (Lipinski definition) is 2. The van der Waals surface area contributed by atoms with E-state index in [1.807, 2.05) is 6.92 Å². The molecule has 0 saturated heterocycles. The first-order chi connectivity index (χ1) is 9.39. The highest BCUT2D eigenvalue weighted by molar-refractivity contribution is 5.85. The van der Waals surface area contributed by atoms with Crippen molar-refractivity contribution in [2.45, 2.75) is 64.3 Å². The molecule has 2 N–H and O–H groups in total. The summed E-state index contributed by atoms with van der Waals surface area (Å²) in [6.07, 6.45) is 7.26. The number of aliphatic carboxylic acids is 1. The first-order valence-electron chi connectivity index (χ1n) is 7.65. The predicted molar refractivity (Wildman–Crippen MR) is 78.7 cm³/mol. The summed E-state index contributed by atoms with van der Waals surface area (Å²) >= 11 is 0. The van der Waals surface area contributed by atoms with Crippen LogP contribution in [0, 0.1) is 5.92 Å². The molecule has 0 aromatic rings. The molecule has 1 rings (SSSR count). The van der Waals surface area contributed by atoms with Crippen LogP contribution in [0.15, 0.2) is 0 Å². The van der Waals surface area contributed by atoms with E-state index >= 15 is 0 Å². The van der Waals surface area contributed by atoms with Gasteiger partial charge in [-0.2, -0.15) is 0 Å². The van der Waals surface area contributed by atoms with Gasteiger partial charge in [-0.15, -0.1) is 0 Å². The minimum absolute atomic E-state index is 0.283. The fraction of sp³-hybridized carbons (Fsp3) is 0.867. The average Bonchev–Trinajstić information content (AvgIpc) is 2.39. The quantitative estimate of drug-likeness (QED) is 0.788. The Bertz CT molecular complexity index is 340. The van der Waals surface area contributed by atoms with Crippen LogP contribution in [0.25, 0.3) is 0 Å². The maximum absolute atomic E-state index is 12.2. The van der Waals surface area contributed by atoms with Crippen molar-refractivity contribution in [1.29, 1.82) is 0 Å². The first kappa shape index (κ1) is 16.8. The van der Waals surface area contributed by atoms with Crippen molar-refractivity contribution in [2.75, 3.05) is 13.6 Å². The highest BCUT2D eigenvalue weighted by atomic mass is 16.4. The van der Waals surface area contributed by atoms with Crippen molar-refractivity contribution in [2.24, 2.45) is 5.92 Å². The molecule has 1 saturated carbocycles. The van der Waals surface area contributed by atoms with Crippen LogP contribution in [0.5, 0.6) is 0 Å². The summed E-state index contributed by atoms with van der Waals surface area (Å²) in [5, 5.41) is 12.0. The topological polar surface area (TPSA) is 69.6 Å². The predicted octanol–water partition coefficient (Wildman–Crippen LogP) is 2.85. The van der Waals surface area contributed by atoms with Crippen LogP contribution in [0.4, 0.5) is 4.79 Å². The van der Waals surface area contributed by atoms with Crippen LogP contribution in [0.3, 0.4) is 0 Å². The summed E-state index contributed by atoms with van der Waals surface area (Å²) in [6.45, 7) is 4.21. The molecular formula is C15H28N2O3. The third-order valence-electron chi connectivity index (χ3n) is 4.21. The second kappa shape index (κ2) is 7.50. The fourth-order valence-electron chi connectivity index (χ4n) is 2.89. The molecule has 0 aromatic heterocycles. The minimum Gasteiger partial charge on any atom is -0.480 e. The van der Waals surface area contributed by atoms with E-state index in [1.165, 1.54) is 32.1 Å². The molecule has 0 radical (unpaired) electrons. The summed E-state index contributed by atoms with van der Waals surface area (Å²) < 4.78 is 0. The van der Waals surface area contributed by atoms with Crippen molar-refractivity contribution < 1.29 is 14.7 Å². The second-order valence-corrected chi connectivity index (χ2v) is 6.20. The lowest BCUT2D eigenvalue weighted by atomic mass is 9.89. The van der Waals surface area contributed by atoms with Crippen LogP contribution < -0.4 is 5.32 Å². The summed E-state index contributed by atoms with van der Waals surface area (Å²) in [5.41, 5.74) is -1.17. The smallest absolute Gasteiger partial charge is 0.329 e. The number of carbonyl (C=O) groups excluding carboxylic acids is 1. The zero-order chi connectivity index (χ0) is 15.2. The van der Waals surface area contributed by atoms with Gasteiger partial charge in [-0.3, -0.25) is 0 Å². The molecule has 5 heteroatoms. The van der Waals surface area contributed by atoms with E-state index in [1.54, 1.807) is 18.9 Å². The molecule has 1 atom stereocenters. The van der Waals surface area contributed by atoms with Crippen LogP contribution >= 0.6 is 0 Å². The van der Waals surface area contributed by atoms with Crippen LogP contribution in [0.2, 0.25) is 0 Å². The molecule has 0 bridgehead atoms. The van der Waals surface area contributed by atoms with E-state index in [-0.39, 0.29) is 6.03 Å². The number of hydrogen-bond acceptors (Lipinski definition) is 2. The number of nitrogens with zero attached hydrogens (tertiary/aromatic N) is 1. The lowest BCUT2D eigenvalue weighted by Gasteiger charge is -2.31. The van der Waals surface area contributed by atoms with Crippen molar-refractivity contribution in [3.8, 4) is 0 Å². The molecule has 0 heterocycles. The number of rotatable bonds is 6. The maximum Gasteiger partial charge on any atom is 0.329 e. The monoisotopic (exact) mass is 284 g/mol. The van der Waals surface area contributed by atoms with Gasteiger partial charge in [-0.05, 0) is 32.1 Å². The number of carboxylic acid groups (broad SMARTS) is 1. The Labute approximate surface area is 121 Å². The molecule has 0 aliphatic heterocycles. The first-order valence-corrected chi connectivity index (χ1v) is 7.65. The molecule has 20 heavy (non-hydrogen) atoms. The van der Waals surface area contributed by atoms with Crippen LogP contribution in [-0.2, 0) is 4.79 Å². The van der Waals surface area contributed by atoms with E-state index in [4.69, 9.17) is 0 Å². The highest BCUT2D eigenvalue weighted by Crippen LogP contribution is 2.24. The fourth-order valence-corrected chi connectivity index (χ4v) is 2.89. The Morgan fingerprint density at radius 3 is 2.40 bits per heavy atom. The number of carboxylic acids is 1. The summed E-state index contributed by atoms with van der Waals surface area (Å²) in [7, 11) is 1.75. The van der Waals surface area contributed by atoms with Gasteiger partial charge in [0.15, 0.2) is 0 Å². The Kier molecular flexibility index (Phi) is 6.30. The molecule has 2 amide bonds. The number of nitrogens with one attached hydrogen (secondary N) is 1. The lowest BCUT2D eigenvalue weighted by molar-refractivity contribution is -0.144. The van der Waals surface area contributed by atoms with Crippen LogP contribution in [0.1, 0.15) is 58.8 Å². The molecule has 0 spiro atoms. The van der Waals surface area contributed by atoms with Gasteiger partial charge >= 0.3 is 12.0 Å². The van der Waals surface area contributed by atoms with Crippen molar-refractivity contribution in [3.05, 3.63) is 0 Å². The van der Waals surface area contributed by atoms with Crippen molar-refractivity contribution in [1.82, 2.24) is 10.2 Å². The second-order valence-electron chi connectivity index (χ2n) is 6.20. The zero-order valence-corrected chi connectivity index (χ0v) is 12.9. The average molecular weight is 284 g/mol. The Balaban J connectivity index is 2.52. The number of amides is 2. The molecule has 116 valence electrons. The standard InChI is InChI=1S/C15H28N2O3/c1-4-10-15(2,13(18)19)16-14(20)17(3)11-12-8-6-5-7-9-12/h12H,4-11H2,1-3H3,(H,16,20)(H,18,19). The lowest BCUT2D eigenvalue weighted by Crippen LogP contribution is -2.55. The van der Waals surface area contributed by atoms with E-state index < -0.39 is 11.5 Å². The number of urea groups is 1. The Morgan fingerprint density at radius 2 is 1.90 bits per heavy atom. The van der Waals surface area contributed by atoms with Gasteiger partial charge in [0, 0.05) is 13.6 Å². The molecular weight excluding hydrogens is 256 g/mol. The van der Waals surface area contributed by atoms with Gasteiger partial charge in [0.05, 0.1) is 0 Å². The van der Waals surface area contributed by atoms with Gasteiger partial charge in [-0.25, -0.2) is 9.59 Å². The number of carbonyl (C=O) groups is 2. The zero-order valence-electron chi connectivity index (χ0n) is 12.9. The van der Waals surface area contributed by atoms with Gasteiger partial charge in [0.1, 0.15) is 5.54 Å². The summed E-state index contributed by atoms with van der Waals surface area (Å²) in [5.74, 6) is -0.416. The Hall–Kier alpha value is -1.26. The maximum atomic E-state index is 12.2. The third kappa shape index (κ3) is 4.69. The summed E-state index contributed by atoms with van der Waals surface area (Å²) in [4.78, 5) is 25.1. The molecule has 1 unspecified atom stereocenters. The van der Waals surface area contributed by atoms with E-state index in [0.29, 0.717) is 18.9 Å². The van der Waals surface area contributed by atoms with Crippen molar-refractivity contribution >= 4 is 12.0 Å². The summed E-state index contributed by atoms with van der Waals surface area (Å²) in [6, 6.07) is -0.283. The van der Waals surface area contributed by atoms with Gasteiger partial charge < -0.3 is 15.3 Å². The van der Waals surface area contributed by atoms with Crippen LogP contribution in [-0.4, -0.2) is 41.1 Å². The largest absolute Gasteiger partial charge is 0.480 e. The van der Waals surface area contributed by atoms with Gasteiger partial charge in [-0.1, -0.05) is 32.6 Å². The normalized spacial score (nSPS) is 19.1. The molecule has 5 nitrogen and oxygen atoms in total. The SMILES string of the molecule is CCCC(C)(NC(=O)N(C)CC1CCCCC1)C(=O)O. The van der Waals surface area contributed by atoms with Crippen molar-refractivity contribution in [3.63, 3.8) is 0 Å². The van der Waals surface area contributed by atoms with E-state index in [2.05, 4.69) is 5.32 Å². The van der Waals surface area contributed by atoms with E-state index in [9.17, 15) is 14.7 Å². The van der Waals surface area contributed by atoms with E-state index in [0.717, 1.165) is 6.42 Å². The third-order valence-corrected chi connectivity index (χ3v) is 4.21. The minimum atomic E-state index is -1.17. The van der Waals surface area contributed by atoms with Gasteiger partial charge in [0.25, 0.3) is 0 Å². The van der Waals surface area contributed by atoms with Gasteiger partial charge in [0.2, 0.25) is 0 Å². The Morgan fingerprint density at radius 1 is 1.30 bits per heavy atom. The molecule has 1 aliphatic carbocycles. The highest BCUT2D eigenvalue weighted by Gasteiger charge is 2.34.